The van der Waals surface area contributed by atoms with Crippen molar-refractivity contribution in [3.63, 3.8) is 0 Å². The van der Waals surface area contributed by atoms with Gasteiger partial charge in [-0.1, -0.05) is 0 Å². The Hall–Kier alpha value is -1.77. The largest absolute Gasteiger partial charge is 0.465 e. The van der Waals surface area contributed by atoms with Crippen molar-refractivity contribution in [1.29, 1.82) is 0 Å². The second-order valence-corrected chi connectivity index (χ2v) is 2.63. The first-order chi connectivity index (χ1) is 6.33. The predicted octanol–water partition coefficient (Wildman–Crippen LogP) is 2.17. The van der Waals surface area contributed by atoms with Crippen LogP contribution in [-0.4, -0.2) is 13.1 Å². The molecule has 0 N–H and O–H groups in total. The van der Waals surface area contributed by atoms with Crippen molar-refractivity contribution in [3.8, 4) is 11.3 Å². The van der Waals surface area contributed by atoms with Gasteiger partial charge >= 0.3 is 5.97 Å². The molecule has 0 atom stereocenters. The number of hydrogen-bond donors (Lipinski definition) is 0. The van der Waals surface area contributed by atoms with Gasteiger partial charge < -0.3 is 9.15 Å². The van der Waals surface area contributed by atoms with Gasteiger partial charge in [-0.2, -0.15) is 0 Å². The molecule has 0 radical (unpaired) electrons. The highest BCUT2D eigenvalue weighted by molar-refractivity contribution is 5.97. The third-order valence-corrected chi connectivity index (χ3v) is 1.90. The van der Waals surface area contributed by atoms with Crippen LogP contribution in [0.25, 0.3) is 11.3 Å². The van der Waals surface area contributed by atoms with E-state index in [4.69, 9.17) is 4.42 Å². The van der Waals surface area contributed by atoms with E-state index < -0.39 is 0 Å². The lowest BCUT2D eigenvalue weighted by Crippen LogP contribution is -2.00. The molecule has 0 saturated carbocycles. The monoisotopic (exact) mass is 176 g/mol. The maximum Gasteiger partial charge on any atom is 0.338 e. The van der Waals surface area contributed by atoms with Crippen LogP contribution in [0.4, 0.5) is 0 Å². The number of carbonyl (C=O) groups is 1. The first-order valence-electron chi connectivity index (χ1n) is 3.87. The molecule has 0 aromatic carbocycles. The van der Waals surface area contributed by atoms with Crippen molar-refractivity contribution >= 4 is 5.97 Å². The zero-order valence-corrected chi connectivity index (χ0v) is 7.11. The number of fused-ring (bicyclic) bond motifs is 1. The molecule has 0 unspecified atom stereocenters. The first-order valence-corrected chi connectivity index (χ1v) is 3.87. The SMILES string of the molecule is COC(=O)c1ccc2occcc1-2. The summed E-state index contributed by atoms with van der Waals surface area (Å²) in [6, 6.07) is 7.02. The molecule has 2 rings (SSSR count). The summed E-state index contributed by atoms with van der Waals surface area (Å²) in [7, 11) is 1.36. The first kappa shape index (κ1) is 7.86. The molecular formula is C10H8O3. The van der Waals surface area contributed by atoms with Crippen LogP contribution < -0.4 is 0 Å². The van der Waals surface area contributed by atoms with Crippen LogP contribution in [0.15, 0.2) is 34.9 Å². The second-order valence-electron chi connectivity index (χ2n) is 2.63. The number of hydrogen-bond acceptors (Lipinski definition) is 3. The summed E-state index contributed by atoms with van der Waals surface area (Å²) in [5.74, 6) is 0.360. The predicted molar refractivity (Wildman–Crippen MR) is 46.7 cm³/mol. The fourth-order valence-electron chi connectivity index (χ4n) is 1.28. The van der Waals surface area contributed by atoms with Crippen LogP contribution in [0.2, 0.25) is 0 Å². The summed E-state index contributed by atoms with van der Waals surface area (Å²) in [5.41, 5.74) is 1.33. The molecule has 0 fully saturated rings. The zero-order valence-electron chi connectivity index (χ0n) is 7.11. The molecule has 1 heterocycles. The van der Waals surface area contributed by atoms with Crippen LogP contribution in [0.3, 0.4) is 0 Å². The van der Waals surface area contributed by atoms with Crippen molar-refractivity contribution in [2.24, 2.45) is 0 Å². The lowest BCUT2D eigenvalue weighted by atomic mass is 10.2. The lowest BCUT2D eigenvalue weighted by molar-refractivity contribution is 0.0602. The third kappa shape index (κ3) is 1.18. The number of rotatable bonds is 1. The minimum Gasteiger partial charge on any atom is -0.465 e. The molecule has 0 aromatic rings. The fourth-order valence-corrected chi connectivity index (χ4v) is 1.28. The maximum atomic E-state index is 11.2. The van der Waals surface area contributed by atoms with Crippen LogP contribution >= 0.6 is 0 Å². The summed E-state index contributed by atoms with van der Waals surface area (Å²) in [6.45, 7) is 0. The van der Waals surface area contributed by atoms with Crippen LogP contribution in [0, 0.1) is 0 Å². The van der Waals surface area contributed by atoms with Crippen LogP contribution in [0.5, 0.6) is 0 Å². The Balaban J connectivity index is 2.55. The Kier molecular flexibility index (Phi) is 1.77. The maximum absolute atomic E-state index is 11.2. The number of esters is 1. The Labute approximate surface area is 75.3 Å². The normalized spacial score (nSPS) is 10.2. The van der Waals surface area contributed by atoms with E-state index in [-0.39, 0.29) is 5.97 Å². The van der Waals surface area contributed by atoms with E-state index in [9.17, 15) is 4.79 Å². The molecular weight excluding hydrogens is 168 g/mol. The molecule has 3 heteroatoms. The number of ether oxygens (including phenoxy) is 1. The average Bonchev–Trinajstić information content (AvgIpc) is 2.60. The van der Waals surface area contributed by atoms with Gasteiger partial charge in [-0.15, -0.1) is 0 Å². The van der Waals surface area contributed by atoms with E-state index in [1.54, 1.807) is 24.5 Å². The van der Waals surface area contributed by atoms with E-state index in [2.05, 4.69) is 4.74 Å². The molecule has 13 heavy (non-hydrogen) atoms. The Morgan fingerprint density at radius 2 is 2.23 bits per heavy atom. The van der Waals surface area contributed by atoms with Crippen molar-refractivity contribution in [2.75, 3.05) is 7.11 Å². The Morgan fingerprint density at radius 3 is 3.00 bits per heavy atom. The molecule has 0 spiro atoms. The van der Waals surface area contributed by atoms with Gasteiger partial charge in [0.15, 0.2) is 0 Å². The smallest absolute Gasteiger partial charge is 0.338 e. The van der Waals surface area contributed by atoms with E-state index in [1.807, 2.05) is 6.07 Å². The highest BCUT2D eigenvalue weighted by Gasteiger charge is 2.16. The van der Waals surface area contributed by atoms with Gasteiger partial charge in [-0.3, -0.25) is 0 Å². The standard InChI is InChI=1S/C10H8O3/c1-12-10(11)8-4-5-9-7(8)3-2-6-13-9/h2-6H,1H3. The Morgan fingerprint density at radius 1 is 1.38 bits per heavy atom. The minimum atomic E-state index is -0.337. The van der Waals surface area contributed by atoms with Gasteiger partial charge in [0, 0.05) is 5.56 Å². The van der Waals surface area contributed by atoms with Gasteiger partial charge in [0.2, 0.25) is 0 Å². The Bertz CT molecular complexity index is 403. The van der Waals surface area contributed by atoms with Crippen molar-refractivity contribution in [2.45, 2.75) is 0 Å². The molecule has 1 aliphatic carbocycles. The van der Waals surface area contributed by atoms with Gasteiger partial charge in [0.05, 0.1) is 18.9 Å². The molecule has 2 aliphatic rings. The topological polar surface area (TPSA) is 39.4 Å². The lowest BCUT2D eigenvalue weighted by Gasteiger charge is -2.00. The van der Waals surface area contributed by atoms with Gasteiger partial charge in [0.1, 0.15) is 5.76 Å². The van der Waals surface area contributed by atoms with Crippen LogP contribution in [-0.2, 0) is 4.74 Å². The molecule has 1 aliphatic heterocycles. The summed E-state index contributed by atoms with van der Waals surface area (Å²) in [4.78, 5) is 11.2. The zero-order chi connectivity index (χ0) is 9.26. The summed E-state index contributed by atoms with van der Waals surface area (Å²) in [6.07, 6.45) is 1.57. The van der Waals surface area contributed by atoms with E-state index in [0.717, 1.165) is 5.56 Å². The number of methoxy groups -OCH3 is 1. The fraction of sp³-hybridized carbons (Fsp3) is 0.100. The summed E-state index contributed by atoms with van der Waals surface area (Å²) < 4.78 is 9.80. The van der Waals surface area contributed by atoms with Crippen molar-refractivity contribution in [1.82, 2.24) is 0 Å². The van der Waals surface area contributed by atoms with E-state index in [1.165, 1.54) is 7.11 Å². The minimum absolute atomic E-state index is 0.337. The van der Waals surface area contributed by atoms with Gasteiger partial charge in [0.25, 0.3) is 0 Å². The van der Waals surface area contributed by atoms with Gasteiger partial charge in [-0.05, 0) is 24.3 Å². The molecule has 66 valence electrons. The van der Waals surface area contributed by atoms with Crippen molar-refractivity contribution < 1.29 is 13.9 Å². The van der Waals surface area contributed by atoms with Crippen molar-refractivity contribution in [3.05, 3.63) is 36.1 Å². The average molecular weight is 176 g/mol. The van der Waals surface area contributed by atoms with Gasteiger partial charge in [-0.25, -0.2) is 4.79 Å². The summed E-state index contributed by atoms with van der Waals surface area (Å²) >= 11 is 0. The quantitative estimate of drug-likeness (QED) is 0.625. The second kappa shape index (κ2) is 2.94. The van der Waals surface area contributed by atoms with E-state index >= 15 is 0 Å². The van der Waals surface area contributed by atoms with Crippen LogP contribution in [0.1, 0.15) is 10.4 Å². The molecule has 0 bridgehead atoms. The summed E-state index contributed by atoms with van der Waals surface area (Å²) in [5, 5.41) is 0. The molecule has 0 saturated heterocycles. The molecule has 3 nitrogen and oxygen atoms in total. The highest BCUT2D eigenvalue weighted by atomic mass is 16.5. The molecule has 0 aromatic heterocycles. The number of carbonyl (C=O) groups excluding carboxylic acids is 1. The third-order valence-electron chi connectivity index (χ3n) is 1.90. The highest BCUT2D eigenvalue weighted by Crippen LogP contribution is 2.27. The van der Waals surface area contributed by atoms with E-state index in [0.29, 0.717) is 11.3 Å². The molecule has 0 amide bonds.